The van der Waals surface area contributed by atoms with Gasteiger partial charge in [0.2, 0.25) is 0 Å². The van der Waals surface area contributed by atoms with Crippen LogP contribution in [-0.4, -0.2) is 30.1 Å². The molecule has 1 fully saturated rings. The molecule has 20 heavy (non-hydrogen) atoms. The van der Waals surface area contributed by atoms with Crippen LogP contribution in [0.1, 0.15) is 51.2 Å². The van der Waals surface area contributed by atoms with Gasteiger partial charge in [-0.3, -0.25) is 4.90 Å². The summed E-state index contributed by atoms with van der Waals surface area (Å²) in [5.41, 5.74) is 3.27. The first-order chi connectivity index (χ1) is 9.62. The maximum Gasteiger partial charge on any atom is 0.0239 e. The van der Waals surface area contributed by atoms with Crippen LogP contribution in [0.15, 0.2) is 24.3 Å². The van der Waals surface area contributed by atoms with Gasteiger partial charge in [-0.1, -0.05) is 31.2 Å². The third-order valence-electron chi connectivity index (χ3n) is 4.49. The van der Waals surface area contributed by atoms with Gasteiger partial charge >= 0.3 is 0 Å². The number of rotatable bonds is 7. The normalized spacial score (nSPS) is 18.6. The van der Waals surface area contributed by atoms with Crippen molar-refractivity contribution in [2.24, 2.45) is 0 Å². The highest BCUT2D eigenvalue weighted by Gasteiger charge is 2.31. The fraction of sp³-hybridized carbons (Fsp3) is 0.667. The van der Waals surface area contributed by atoms with Gasteiger partial charge in [0.1, 0.15) is 0 Å². The van der Waals surface area contributed by atoms with E-state index in [-0.39, 0.29) is 0 Å². The van der Waals surface area contributed by atoms with Crippen LogP contribution < -0.4 is 5.32 Å². The second kappa shape index (κ2) is 7.24. The molecular formula is C18H30N2. The molecule has 0 unspecified atom stereocenters. The van der Waals surface area contributed by atoms with Gasteiger partial charge in [-0.15, -0.1) is 0 Å². The summed E-state index contributed by atoms with van der Waals surface area (Å²) in [7, 11) is 0. The zero-order valence-corrected chi connectivity index (χ0v) is 13.4. The molecule has 112 valence electrons. The Labute approximate surface area is 124 Å². The van der Waals surface area contributed by atoms with Gasteiger partial charge in [-0.2, -0.15) is 0 Å². The fourth-order valence-electron chi connectivity index (χ4n) is 3.02. The zero-order chi connectivity index (χ0) is 14.4. The molecule has 0 saturated carbocycles. The minimum absolute atomic E-state index is 0.378. The van der Waals surface area contributed by atoms with E-state index in [0.717, 1.165) is 26.1 Å². The third-order valence-corrected chi connectivity index (χ3v) is 4.49. The number of nitrogens with zero attached hydrogens (tertiary/aromatic N) is 1. The Bertz CT molecular complexity index is 394. The molecule has 1 aliphatic rings. The third kappa shape index (κ3) is 4.32. The molecule has 0 bridgehead atoms. The highest BCUT2D eigenvalue weighted by Crippen LogP contribution is 2.29. The van der Waals surface area contributed by atoms with Crippen LogP contribution in [0.2, 0.25) is 0 Å². The van der Waals surface area contributed by atoms with E-state index in [1.54, 1.807) is 0 Å². The lowest BCUT2D eigenvalue weighted by molar-refractivity contribution is 0.166. The van der Waals surface area contributed by atoms with Gasteiger partial charge in [0.15, 0.2) is 0 Å². The highest BCUT2D eigenvalue weighted by atomic mass is 15.2. The Balaban J connectivity index is 1.82. The molecule has 0 aromatic heterocycles. The molecule has 0 aliphatic carbocycles. The summed E-state index contributed by atoms with van der Waals surface area (Å²) in [5, 5.41) is 3.46. The van der Waals surface area contributed by atoms with Gasteiger partial charge in [0.05, 0.1) is 0 Å². The Hall–Kier alpha value is -0.860. The van der Waals surface area contributed by atoms with Gasteiger partial charge in [0, 0.05) is 12.1 Å². The molecule has 1 aromatic rings. The average Bonchev–Trinajstić information content (AvgIpc) is 2.76. The van der Waals surface area contributed by atoms with E-state index in [1.807, 2.05) is 0 Å². The summed E-state index contributed by atoms with van der Waals surface area (Å²) in [6.07, 6.45) is 5.02. The van der Waals surface area contributed by atoms with Crippen LogP contribution in [0.3, 0.4) is 0 Å². The highest BCUT2D eigenvalue weighted by molar-refractivity contribution is 5.23. The molecule has 1 saturated heterocycles. The van der Waals surface area contributed by atoms with E-state index >= 15 is 0 Å². The number of hydrogen-bond acceptors (Lipinski definition) is 2. The molecule has 2 nitrogen and oxygen atoms in total. The van der Waals surface area contributed by atoms with Crippen molar-refractivity contribution >= 4 is 0 Å². The summed E-state index contributed by atoms with van der Waals surface area (Å²) >= 11 is 0. The standard InChI is InChI=1S/C18H30N2/c1-4-12-19-13-10-16-6-8-17(9-7-16)15-20-14-5-11-18(20,2)3/h6-9,19H,4-5,10-15H2,1-3H3. The van der Waals surface area contributed by atoms with E-state index < -0.39 is 0 Å². The summed E-state index contributed by atoms with van der Waals surface area (Å²) in [5.74, 6) is 0. The molecule has 1 aromatic carbocycles. The molecule has 1 heterocycles. The molecule has 0 atom stereocenters. The number of hydrogen-bond donors (Lipinski definition) is 1. The molecule has 0 spiro atoms. The average molecular weight is 274 g/mol. The molecule has 0 radical (unpaired) electrons. The van der Waals surface area contributed by atoms with E-state index in [4.69, 9.17) is 0 Å². The van der Waals surface area contributed by atoms with Crippen LogP contribution in [0.5, 0.6) is 0 Å². The van der Waals surface area contributed by atoms with Crippen molar-refractivity contribution in [3.63, 3.8) is 0 Å². The fourth-order valence-corrected chi connectivity index (χ4v) is 3.02. The summed E-state index contributed by atoms with van der Waals surface area (Å²) in [6, 6.07) is 9.21. The predicted molar refractivity (Wildman–Crippen MR) is 87.0 cm³/mol. The maximum absolute atomic E-state index is 3.46. The van der Waals surface area contributed by atoms with E-state index in [2.05, 4.69) is 55.3 Å². The lowest BCUT2D eigenvalue weighted by Gasteiger charge is -2.31. The van der Waals surface area contributed by atoms with Gasteiger partial charge in [-0.25, -0.2) is 0 Å². The monoisotopic (exact) mass is 274 g/mol. The van der Waals surface area contributed by atoms with Gasteiger partial charge < -0.3 is 5.32 Å². The second-order valence-corrected chi connectivity index (χ2v) is 6.65. The van der Waals surface area contributed by atoms with Crippen molar-refractivity contribution in [2.45, 2.75) is 58.5 Å². The van der Waals surface area contributed by atoms with Crippen LogP contribution >= 0.6 is 0 Å². The number of benzene rings is 1. The van der Waals surface area contributed by atoms with Gasteiger partial charge in [0.25, 0.3) is 0 Å². The number of likely N-dealkylation sites (tertiary alicyclic amines) is 1. The topological polar surface area (TPSA) is 15.3 Å². The van der Waals surface area contributed by atoms with Crippen LogP contribution in [0.4, 0.5) is 0 Å². The number of nitrogens with one attached hydrogen (secondary N) is 1. The lowest BCUT2D eigenvalue weighted by atomic mass is 10.0. The summed E-state index contributed by atoms with van der Waals surface area (Å²) < 4.78 is 0. The molecular weight excluding hydrogens is 244 g/mol. The molecule has 0 amide bonds. The van der Waals surface area contributed by atoms with Crippen molar-refractivity contribution in [2.75, 3.05) is 19.6 Å². The molecule has 2 rings (SSSR count). The second-order valence-electron chi connectivity index (χ2n) is 6.65. The van der Waals surface area contributed by atoms with Crippen LogP contribution in [0, 0.1) is 0 Å². The largest absolute Gasteiger partial charge is 0.316 e. The Morgan fingerprint density at radius 3 is 2.40 bits per heavy atom. The Morgan fingerprint density at radius 1 is 1.10 bits per heavy atom. The molecule has 1 N–H and O–H groups in total. The minimum Gasteiger partial charge on any atom is -0.316 e. The smallest absolute Gasteiger partial charge is 0.0239 e. The molecule has 2 heteroatoms. The minimum atomic E-state index is 0.378. The summed E-state index contributed by atoms with van der Waals surface area (Å²) in [6.45, 7) is 11.5. The molecule has 1 aliphatic heterocycles. The van der Waals surface area contributed by atoms with Crippen molar-refractivity contribution < 1.29 is 0 Å². The van der Waals surface area contributed by atoms with Gasteiger partial charge in [-0.05, 0) is 70.3 Å². The van der Waals surface area contributed by atoms with Crippen LogP contribution in [-0.2, 0) is 13.0 Å². The van der Waals surface area contributed by atoms with Crippen molar-refractivity contribution in [3.05, 3.63) is 35.4 Å². The predicted octanol–water partition coefficient (Wildman–Crippen LogP) is 3.60. The van der Waals surface area contributed by atoms with Crippen molar-refractivity contribution in [3.8, 4) is 0 Å². The first-order valence-electron chi connectivity index (χ1n) is 8.15. The SMILES string of the molecule is CCCNCCc1ccc(CN2CCCC2(C)C)cc1. The van der Waals surface area contributed by atoms with E-state index in [1.165, 1.54) is 36.9 Å². The van der Waals surface area contributed by atoms with E-state index in [0.29, 0.717) is 5.54 Å². The Kier molecular flexibility index (Phi) is 5.62. The van der Waals surface area contributed by atoms with Crippen LogP contribution in [0.25, 0.3) is 0 Å². The first kappa shape index (κ1) is 15.5. The summed E-state index contributed by atoms with van der Waals surface area (Å²) in [4.78, 5) is 2.62. The van der Waals surface area contributed by atoms with Crippen molar-refractivity contribution in [1.82, 2.24) is 10.2 Å². The van der Waals surface area contributed by atoms with Crippen molar-refractivity contribution in [1.29, 1.82) is 0 Å². The quantitative estimate of drug-likeness (QED) is 0.764. The zero-order valence-electron chi connectivity index (χ0n) is 13.4. The van der Waals surface area contributed by atoms with E-state index in [9.17, 15) is 0 Å². The lowest BCUT2D eigenvalue weighted by Crippen LogP contribution is -2.37. The first-order valence-corrected chi connectivity index (χ1v) is 8.15. The Morgan fingerprint density at radius 2 is 1.80 bits per heavy atom. The maximum atomic E-state index is 3.46.